The molecule has 0 aliphatic rings. The quantitative estimate of drug-likeness (QED) is 0.548. The third-order valence-corrected chi connectivity index (χ3v) is 4.82. The SMILES string of the molecule is Cc1cc(N)c(NCC(Cc2ccccc2)OCc2ccccc2)cc1C. The summed E-state index contributed by atoms with van der Waals surface area (Å²) in [6.45, 7) is 5.49. The van der Waals surface area contributed by atoms with Crippen LogP contribution in [0, 0.1) is 13.8 Å². The molecule has 1 atom stereocenters. The average molecular weight is 361 g/mol. The Morgan fingerprint density at radius 1 is 0.852 bits per heavy atom. The summed E-state index contributed by atoms with van der Waals surface area (Å²) in [5.41, 5.74) is 12.8. The molecular weight excluding hydrogens is 332 g/mol. The van der Waals surface area contributed by atoms with Crippen LogP contribution in [0.3, 0.4) is 0 Å². The topological polar surface area (TPSA) is 47.3 Å². The minimum absolute atomic E-state index is 0.0496. The maximum Gasteiger partial charge on any atom is 0.0792 e. The van der Waals surface area contributed by atoms with Gasteiger partial charge in [-0.15, -0.1) is 0 Å². The second kappa shape index (κ2) is 9.24. The Bertz CT molecular complexity index is 847. The van der Waals surface area contributed by atoms with E-state index in [4.69, 9.17) is 10.5 Å². The molecule has 0 radical (unpaired) electrons. The van der Waals surface area contributed by atoms with E-state index in [1.165, 1.54) is 22.3 Å². The predicted octanol–water partition coefficient (Wildman–Crippen LogP) is 5.13. The highest BCUT2D eigenvalue weighted by molar-refractivity contribution is 5.68. The van der Waals surface area contributed by atoms with Crippen molar-refractivity contribution in [1.82, 2.24) is 0 Å². The van der Waals surface area contributed by atoms with Crippen LogP contribution < -0.4 is 11.1 Å². The van der Waals surface area contributed by atoms with Crippen molar-refractivity contribution in [2.45, 2.75) is 33.0 Å². The summed E-state index contributed by atoms with van der Waals surface area (Å²) in [6.07, 6.45) is 0.902. The number of benzene rings is 3. The smallest absolute Gasteiger partial charge is 0.0792 e. The van der Waals surface area contributed by atoms with Gasteiger partial charge in [-0.25, -0.2) is 0 Å². The van der Waals surface area contributed by atoms with Gasteiger partial charge in [0, 0.05) is 13.0 Å². The summed E-state index contributed by atoms with van der Waals surface area (Å²) >= 11 is 0. The Balaban J connectivity index is 1.68. The van der Waals surface area contributed by atoms with Gasteiger partial charge in [0.2, 0.25) is 0 Å². The number of nitrogens with one attached hydrogen (secondary N) is 1. The molecule has 0 saturated heterocycles. The normalized spacial score (nSPS) is 11.9. The molecule has 0 fully saturated rings. The van der Waals surface area contributed by atoms with Gasteiger partial charge in [0.25, 0.3) is 0 Å². The van der Waals surface area contributed by atoms with Crippen LogP contribution in [0.1, 0.15) is 22.3 Å². The average Bonchev–Trinajstić information content (AvgIpc) is 2.69. The lowest BCUT2D eigenvalue weighted by atomic mass is 10.1. The molecule has 0 amide bonds. The molecule has 3 rings (SSSR count). The van der Waals surface area contributed by atoms with E-state index in [1.54, 1.807) is 0 Å². The first-order chi connectivity index (χ1) is 13.1. The number of nitrogen functional groups attached to an aromatic ring is 1. The number of hydrogen-bond acceptors (Lipinski definition) is 3. The third-order valence-electron chi connectivity index (χ3n) is 4.82. The van der Waals surface area contributed by atoms with Crippen molar-refractivity contribution in [3.8, 4) is 0 Å². The Kier molecular flexibility index (Phi) is 6.50. The molecule has 0 bridgehead atoms. The van der Waals surface area contributed by atoms with Crippen molar-refractivity contribution in [2.75, 3.05) is 17.6 Å². The molecule has 3 N–H and O–H groups in total. The van der Waals surface area contributed by atoms with Gasteiger partial charge >= 0.3 is 0 Å². The van der Waals surface area contributed by atoms with E-state index < -0.39 is 0 Å². The Morgan fingerprint density at radius 2 is 1.44 bits per heavy atom. The fourth-order valence-corrected chi connectivity index (χ4v) is 3.07. The summed E-state index contributed by atoms with van der Waals surface area (Å²) < 4.78 is 6.24. The second-order valence-corrected chi connectivity index (χ2v) is 7.01. The summed E-state index contributed by atoms with van der Waals surface area (Å²) in [5.74, 6) is 0. The van der Waals surface area contributed by atoms with Crippen molar-refractivity contribution < 1.29 is 4.74 Å². The Labute approximate surface area is 162 Å². The molecule has 3 aromatic carbocycles. The minimum atomic E-state index is 0.0496. The number of nitrogens with two attached hydrogens (primary N) is 1. The highest BCUT2D eigenvalue weighted by atomic mass is 16.5. The maximum absolute atomic E-state index is 6.24. The first-order valence-electron chi connectivity index (χ1n) is 9.42. The van der Waals surface area contributed by atoms with Crippen molar-refractivity contribution >= 4 is 11.4 Å². The van der Waals surface area contributed by atoms with Crippen LogP contribution in [0.2, 0.25) is 0 Å². The van der Waals surface area contributed by atoms with Crippen molar-refractivity contribution in [1.29, 1.82) is 0 Å². The van der Waals surface area contributed by atoms with Crippen LogP contribution in [0.25, 0.3) is 0 Å². The van der Waals surface area contributed by atoms with E-state index in [-0.39, 0.29) is 6.10 Å². The highest BCUT2D eigenvalue weighted by Gasteiger charge is 2.12. The van der Waals surface area contributed by atoms with Gasteiger partial charge in [-0.05, 0) is 48.2 Å². The van der Waals surface area contributed by atoms with Crippen LogP contribution in [0.4, 0.5) is 11.4 Å². The molecule has 0 heterocycles. The zero-order valence-corrected chi connectivity index (χ0v) is 16.1. The van der Waals surface area contributed by atoms with Crippen molar-refractivity contribution in [2.24, 2.45) is 0 Å². The number of ether oxygens (including phenoxy) is 1. The van der Waals surface area contributed by atoms with E-state index in [0.29, 0.717) is 13.2 Å². The molecule has 3 nitrogen and oxygen atoms in total. The van der Waals surface area contributed by atoms with E-state index in [9.17, 15) is 0 Å². The molecule has 0 aromatic heterocycles. The summed E-state index contributed by atoms with van der Waals surface area (Å²) in [6, 6.07) is 24.9. The number of hydrogen-bond donors (Lipinski definition) is 2. The lowest BCUT2D eigenvalue weighted by Gasteiger charge is -2.21. The number of anilines is 2. The van der Waals surface area contributed by atoms with Gasteiger partial charge in [0.15, 0.2) is 0 Å². The van der Waals surface area contributed by atoms with E-state index in [1.807, 2.05) is 30.3 Å². The molecule has 1 unspecified atom stereocenters. The van der Waals surface area contributed by atoms with Crippen LogP contribution in [0.15, 0.2) is 72.8 Å². The predicted molar refractivity (Wildman–Crippen MR) is 114 cm³/mol. The van der Waals surface area contributed by atoms with Gasteiger partial charge in [-0.3, -0.25) is 0 Å². The van der Waals surface area contributed by atoms with Gasteiger partial charge in [0.1, 0.15) is 0 Å². The lowest BCUT2D eigenvalue weighted by Crippen LogP contribution is -2.26. The zero-order chi connectivity index (χ0) is 19.1. The standard InChI is InChI=1S/C24H28N2O/c1-18-13-23(25)24(14-19(18)2)26-16-22(15-20-9-5-3-6-10-20)27-17-21-11-7-4-8-12-21/h3-14,22,26H,15-17,25H2,1-2H3. The molecule has 3 heteroatoms. The second-order valence-electron chi connectivity index (χ2n) is 7.01. The van der Waals surface area contributed by atoms with Crippen molar-refractivity contribution in [3.05, 3.63) is 95.1 Å². The van der Waals surface area contributed by atoms with Gasteiger partial charge in [0.05, 0.1) is 24.1 Å². The molecule has 27 heavy (non-hydrogen) atoms. The van der Waals surface area contributed by atoms with Crippen LogP contribution in [0.5, 0.6) is 0 Å². The van der Waals surface area contributed by atoms with Crippen LogP contribution in [-0.2, 0) is 17.8 Å². The summed E-state index contributed by atoms with van der Waals surface area (Å²) in [4.78, 5) is 0. The minimum Gasteiger partial charge on any atom is -0.397 e. The van der Waals surface area contributed by atoms with Crippen LogP contribution >= 0.6 is 0 Å². The molecule has 3 aromatic rings. The molecule has 140 valence electrons. The van der Waals surface area contributed by atoms with E-state index >= 15 is 0 Å². The van der Waals surface area contributed by atoms with E-state index in [0.717, 1.165) is 17.8 Å². The first kappa shape index (κ1) is 19.0. The fraction of sp³-hybridized carbons (Fsp3) is 0.250. The largest absolute Gasteiger partial charge is 0.397 e. The number of rotatable bonds is 8. The van der Waals surface area contributed by atoms with Crippen molar-refractivity contribution in [3.63, 3.8) is 0 Å². The summed E-state index contributed by atoms with van der Waals surface area (Å²) in [7, 11) is 0. The third kappa shape index (κ3) is 5.60. The van der Waals surface area contributed by atoms with Gasteiger partial charge in [-0.1, -0.05) is 60.7 Å². The molecular formula is C24H28N2O. The van der Waals surface area contributed by atoms with E-state index in [2.05, 4.69) is 61.6 Å². The number of aryl methyl sites for hydroxylation is 2. The molecule has 0 aliphatic heterocycles. The van der Waals surface area contributed by atoms with Gasteiger partial charge in [-0.2, -0.15) is 0 Å². The molecule has 0 spiro atoms. The fourth-order valence-electron chi connectivity index (χ4n) is 3.07. The summed E-state index contributed by atoms with van der Waals surface area (Å²) in [5, 5.41) is 3.49. The maximum atomic E-state index is 6.24. The first-order valence-corrected chi connectivity index (χ1v) is 9.42. The Hall–Kier alpha value is -2.78. The Morgan fingerprint density at radius 3 is 2.11 bits per heavy atom. The lowest BCUT2D eigenvalue weighted by molar-refractivity contribution is 0.0495. The molecule has 0 aliphatic carbocycles. The monoisotopic (exact) mass is 360 g/mol. The molecule has 0 saturated carbocycles. The van der Waals surface area contributed by atoms with Gasteiger partial charge < -0.3 is 15.8 Å². The highest BCUT2D eigenvalue weighted by Crippen LogP contribution is 2.23. The zero-order valence-electron chi connectivity index (χ0n) is 16.1. The van der Waals surface area contributed by atoms with Crippen LogP contribution in [-0.4, -0.2) is 12.6 Å².